The number of aromatic nitrogens is 2. The molecule has 1 unspecified atom stereocenters. The minimum atomic E-state index is -0.149. The second-order valence-corrected chi connectivity index (χ2v) is 3.91. The second kappa shape index (κ2) is 4.34. The zero-order valence-corrected chi connectivity index (χ0v) is 9.06. The van der Waals surface area contributed by atoms with E-state index in [9.17, 15) is 9.59 Å². The first-order chi connectivity index (χ1) is 7.66. The van der Waals surface area contributed by atoms with Crippen molar-refractivity contribution in [1.82, 2.24) is 20.4 Å². The number of carbonyl (C=O) groups excluding carboxylic acids is 2. The second-order valence-electron chi connectivity index (χ2n) is 3.91. The molecule has 0 aromatic carbocycles. The van der Waals surface area contributed by atoms with E-state index in [4.69, 9.17) is 0 Å². The summed E-state index contributed by atoms with van der Waals surface area (Å²) in [5.74, 6) is -0.0933. The zero-order chi connectivity index (χ0) is 11.5. The van der Waals surface area contributed by atoms with Crippen molar-refractivity contribution in [3.05, 3.63) is 18.0 Å². The van der Waals surface area contributed by atoms with Gasteiger partial charge in [0.2, 0.25) is 5.91 Å². The highest BCUT2D eigenvalue weighted by atomic mass is 16.2. The van der Waals surface area contributed by atoms with Gasteiger partial charge in [-0.15, -0.1) is 0 Å². The van der Waals surface area contributed by atoms with Crippen LogP contribution in [0.3, 0.4) is 0 Å². The average molecular weight is 222 g/mol. The van der Waals surface area contributed by atoms with Gasteiger partial charge in [0.25, 0.3) is 5.91 Å². The minimum absolute atomic E-state index is 0.0475. The molecule has 1 fully saturated rings. The van der Waals surface area contributed by atoms with E-state index in [0.717, 1.165) is 6.42 Å². The topological polar surface area (TPSA) is 78.1 Å². The minimum Gasteiger partial charge on any atom is -0.347 e. The Morgan fingerprint density at radius 3 is 3.00 bits per heavy atom. The number of hydrogen-bond acceptors (Lipinski definition) is 3. The Morgan fingerprint density at radius 1 is 1.62 bits per heavy atom. The monoisotopic (exact) mass is 222 g/mol. The molecule has 6 heteroatoms. The maximum Gasteiger partial charge on any atom is 0.254 e. The van der Waals surface area contributed by atoms with Crippen molar-refractivity contribution in [1.29, 1.82) is 0 Å². The summed E-state index contributed by atoms with van der Waals surface area (Å²) in [7, 11) is 0. The largest absolute Gasteiger partial charge is 0.347 e. The Hall–Kier alpha value is -1.85. The first-order valence-electron chi connectivity index (χ1n) is 5.22. The summed E-state index contributed by atoms with van der Waals surface area (Å²) in [4.78, 5) is 24.5. The van der Waals surface area contributed by atoms with Crippen LogP contribution < -0.4 is 5.32 Å². The van der Waals surface area contributed by atoms with Crippen molar-refractivity contribution in [2.75, 3.05) is 13.1 Å². The lowest BCUT2D eigenvalue weighted by atomic mass is 10.2. The fourth-order valence-electron chi connectivity index (χ4n) is 1.81. The molecule has 1 aliphatic rings. The number of nitrogens with one attached hydrogen (secondary N) is 2. The lowest BCUT2D eigenvalue weighted by molar-refractivity contribution is -0.127. The molecular weight excluding hydrogens is 208 g/mol. The molecule has 0 spiro atoms. The van der Waals surface area contributed by atoms with Crippen LogP contribution in [0, 0.1) is 0 Å². The summed E-state index contributed by atoms with van der Waals surface area (Å²) >= 11 is 0. The third kappa shape index (κ3) is 2.21. The van der Waals surface area contributed by atoms with Crippen molar-refractivity contribution in [2.45, 2.75) is 19.4 Å². The van der Waals surface area contributed by atoms with Crippen molar-refractivity contribution >= 4 is 11.8 Å². The molecule has 16 heavy (non-hydrogen) atoms. The summed E-state index contributed by atoms with van der Waals surface area (Å²) in [5.41, 5.74) is 0.515. The van der Waals surface area contributed by atoms with E-state index in [1.807, 2.05) is 0 Å². The first-order valence-corrected chi connectivity index (χ1v) is 5.22. The molecule has 1 atom stereocenters. The van der Waals surface area contributed by atoms with Gasteiger partial charge in [-0.3, -0.25) is 14.7 Å². The molecule has 2 heterocycles. The molecule has 0 aliphatic carbocycles. The van der Waals surface area contributed by atoms with E-state index >= 15 is 0 Å². The highest BCUT2D eigenvalue weighted by Gasteiger charge is 2.25. The van der Waals surface area contributed by atoms with Gasteiger partial charge in [0.05, 0.1) is 11.8 Å². The molecule has 86 valence electrons. The summed E-state index contributed by atoms with van der Waals surface area (Å²) < 4.78 is 0. The van der Waals surface area contributed by atoms with Crippen LogP contribution in [-0.2, 0) is 4.79 Å². The normalized spacial score (nSPS) is 19.8. The molecule has 0 saturated carbocycles. The molecule has 2 amide bonds. The van der Waals surface area contributed by atoms with Crippen LogP contribution in [0.1, 0.15) is 23.7 Å². The number of nitrogens with zero attached hydrogens (tertiary/aromatic N) is 2. The van der Waals surface area contributed by atoms with Gasteiger partial charge in [-0.05, 0) is 6.42 Å². The van der Waals surface area contributed by atoms with Crippen molar-refractivity contribution < 1.29 is 9.59 Å². The third-order valence-electron chi connectivity index (χ3n) is 2.73. The van der Waals surface area contributed by atoms with E-state index in [1.165, 1.54) is 6.20 Å². The van der Waals surface area contributed by atoms with E-state index in [1.54, 1.807) is 18.0 Å². The number of aromatic amines is 1. The molecule has 1 aromatic rings. The maximum absolute atomic E-state index is 11.7. The van der Waals surface area contributed by atoms with Crippen LogP contribution >= 0.6 is 0 Å². The number of amides is 2. The third-order valence-corrected chi connectivity index (χ3v) is 2.73. The Morgan fingerprint density at radius 2 is 2.44 bits per heavy atom. The predicted molar refractivity (Wildman–Crippen MR) is 56.7 cm³/mol. The molecule has 1 saturated heterocycles. The van der Waals surface area contributed by atoms with Crippen LogP contribution in [0.4, 0.5) is 0 Å². The maximum atomic E-state index is 11.7. The fraction of sp³-hybridized carbons (Fsp3) is 0.500. The van der Waals surface area contributed by atoms with Gasteiger partial charge >= 0.3 is 0 Å². The van der Waals surface area contributed by atoms with Crippen molar-refractivity contribution in [3.8, 4) is 0 Å². The quantitative estimate of drug-likeness (QED) is 0.725. The van der Waals surface area contributed by atoms with Gasteiger partial charge in [0.15, 0.2) is 0 Å². The van der Waals surface area contributed by atoms with Crippen LogP contribution in [0.15, 0.2) is 12.4 Å². The molecular formula is C10H14N4O2. The molecule has 2 rings (SSSR count). The summed E-state index contributed by atoms with van der Waals surface area (Å²) in [6.07, 6.45) is 3.84. The average Bonchev–Trinajstić information content (AvgIpc) is 2.87. The zero-order valence-electron chi connectivity index (χ0n) is 9.06. The van der Waals surface area contributed by atoms with E-state index in [0.29, 0.717) is 18.7 Å². The molecule has 2 N–H and O–H groups in total. The van der Waals surface area contributed by atoms with Crippen LogP contribution in [0.25, 0.3) is 0 Å². The summed E-state index contributed by atoms with van der Waals surface area (Å²) in [5, 5.41) is 9.17. The highest BCUT2D eigenvalue weighted by Crippen LogP contribution is 2.09. The molecule has 0 bridgehead atoms. The molecule has 1 aliphatic heterocycles. The SMILES string of the molecule is CC(=O)N1CCC(NC(=O)c2cn[nH]c2)C1. The van der Waals surface area contributed by atoms with Crippen LogP contribution in [0.5, 0.6) is 0 Å². The number of likely N-dealkylation sites (tertiary alicyclic amines) is 1. The first kappa shape index (κ1) is 10.7. The van der Waals surface area contributed by atoms with E-state index < -0.39 is 0 Å². The summed E-state index contributed by atoms with van der Waals surface area (Å²) in [6, 6.07) is 0.0475. The molecule has 6 nitrogen and oxygen atoms in total. The number of rotatable bonds is 2. The Kier molecular flexibility index (Phi) is 2.89. The van der Waals surface area contributed by atoms with E-state index in [-0.39, 0.29) is 17.9 Å². The Balaban J connectivity index is 1.88. The van der Waals surface area contributed by atoms with Gasteiger partial charge < -0.3 is 10.2 Å². The number of carbonyl (C=O) groups is 2. The standard InChI is InChI=1S/C10H14N4O2/c1-7(15)14-3-2-9(6-14)13-10(16)8-4-11-12-5-8/h4-5,9H,2-3,6H2,1H3,(H,11,12)(H,13,16). The fourth-order valence-corrected chi connectivity index (χ4v) is 1.81. The van der Waals surface area contributed by atoms with Crippen molar-refractivity contribution in [3.63, 3.8) is 0 Å². The highest BCUT2D eigenvalue weighted by molar-refractivity contribution is 5.93. The Labute approximate surface area is 93.0 Å². The van der Waals surface area contributed by atoms with E-state index in [2.05, 4.69) is 15.5 Å². The number of hydrogen-bond donors (Lipinski definition) is 2. The van der Waals surface area contributed by atoms with Crippen molar-refractivity contribution in [2.24, 2.45) is 0 Å². The molecule has 0 radical (unpaired) electrons. The van der Waals surface area contributed by atoms with Gasteiger partial charge in [-0.1, -0.05) is 0 Å². The Bertz CT molecular complexity index is 388. The lowest BCUT2D eigenvalue weighted by Crippen LogP contribution is -2.37. The molecule has 1 aromatic heterocycles. The number of H-pyrrole nitrogens is 1. The van der Waals surface area contributed by atoms with Gasteiger partial charge in [-0.2, -0.15) is 5.10 Å². The lowest BCUT2D eigenvalue weighted by Gasteiger charge is -2.14. The van der Waals surface area contributed by atoms with Crippen LogP contribution in [0.2, 0.25) is 0 Å². The smallest absolute Gasteiger partial charge is 0.254 e. The van der Waals surface area contributed by atoms with Gasteiger partial charge in [0, 0.05) is 32.3 Å². The van der Waals surface area contributed by atoms with Crippen LogP contribution in [-0.4, -0.2) is 46.0 Å². The van der Waals surface area contributed by atoms with Gasteiger partial charge in [0.1, 0.15) is 0 Å². The summed E-state index contributed by atoms with van der Waals surface area (Å²) in [6.45, 7) is 2.85. The van der Waals surface area contributed by atoms with Gasteiger partial charge in [-0.25, -0.2) is 0 Å². The predicted octanol–water partition coefficient (Wildman–Crippen LogP) is -0.240.